The van der Waals surface area contributed by atoms with Gasteiger partial charge in [-0.1, -0.05) is 30.5 Å². The van der Waals surface area contributed by atoms with Crippen LogP contribution >= 0.6 is 0 Å². The summed E-state index contributed by atoms with van der Waals surface area (Å²) >= 11 is 0. The molecule has 0 amide bonds. The Morgan fingerprint density at radius 1 is 1.38 bits per heavy atom. The van der Waals surface area contributed by atoms with Crippen molar-refractivity contribution in [2.24, 2.45) is 0 Å². The number of ether oxygens (including phenoxy) is 1. The highest BCUT2D eigenvalue weighted by molar-refractivity contribution is 5.89. The van der Waals surface area contributed by atoms with Crippen LogP contribution < -0.4 is 0 Å². The van der Waals surface area contributed by atoms with E-state index in [4.69, 9.17) is 4.74 Å². The van der Waals surface area contributed by atoms with Crippen molar-refractivity contribution in [2.45, 2.75) is 33.3 Å². The Kier molecular flexibility index (Phi) is 4.60. The Labute approximate surface area is 96.6 Å². The van der Waals surface area contributed by atoms with Gasteiger partial charge in [0.15, 0.2) is 6.10 Å². The SMILES string of the molecule is CC#CC(CC)OC(=O)c1ccc(C)cc1. The zero-order chi connectivity index (χ0) is 12.0. The lowest BCUT2D eigenvalue weighted by atomic mass is 10.1. The molecule has 0 aliphatic heterocycles. The van der Waals surface area contributed by atoms with Crippen LogP contribution in [0.4, 0.5) is 0 Å². The summed E-state index contributed by atoms with van der Waals surface area (Å²) in [6, 6.07) is 7.32. The van der Waals surface area contributed by atoms with Gasteiger partial charge in [-0.15, -0.1) is 5.92 Å². The molecule has 0 saturated carbocycles. The van der Waals surface area contributed by atoms with Crippen molar-refractivity contribution in [3.8, 4) is 11.8 Å². The summed E-state index contributed by atoms with van der Waals surface area (Å²) in [5.41, 5.74) is 1.69. The van der Waals surface area contributed by atoms with Gasteiger partial charge in [-0.2, -0.15) is 0 Å². The Hall–Kier alpha value is -1.75. The minimum absolute atomic E-state index is 0.307. The van der Waals surface area contributed by atoms with Crippen LogP contribution in [0.1, 0.15) is 36.2 Å². The first-order valence-electron chi connectivity index (χ1n) is 5.37. The monoisotopic (exact) mass is 216 g/mol. The maximum atomic E-state index is 11.7. The van der Waals surface area contributed by atoms with Gasteiger partial charge in [-0.05, 0) is 32.4 Å². The number of benzene rings is 1. The lowest BCUT2D eigenvalue weighted by Crippen LogP contribution is -2.15. The van der Waals surface area contributed by atoms with E-state index in [0.717, 1.165) is 5.56 Å². The van der Waals surface area contributed by atoms with E-state index in [2.05, 4.69) is 11.8 Å². The van der Waals surface area contributed by atoms with Crippen molar-refractivity contribution >= 4 is 5.97 Å². The Morgan fingerprint density at radius 2 is 2.00 bits per heavy atom. The molecule has 1 unspecified atom stereocenters. The summed E-state index contributed by atoms with van der Waals surface area (Å²) in [5.74, 6) is 5.30. The molecule has 1 rings (SSSR count). The standard InChI is InChI=1S/C14H16O2/c1-4-6-13(5-2)16-14(15)12-9-7-11(3)8-10-12/h7-10,13H,5H2,1-3H3. The van der Waals surface area contributed by atoms with Crippen LogP contribution in [-0.4, -0.2) is 12.1 Å². The predicted octanol–water partition coefficient (Wildman–Crippen LogP) is 2.95. The van der Waals surface area contributed by atoms with E-state index in [0.29, 0.717) is 12.0 Å². The number of hydrogen-bond donors (Lipinski definition) is 0. The Bertz CT molecular complexity index is 407. The third-order valence-electron chi connectivity index (χ3n) is 2.21. The number of esters is 1. The zero-order valence-corrected chi connectivity index (χ0v) is 9.91. The molecule has 0 bridgehead atoms. The fraction of sp³-hybridized carbons (Fsp3) is 0.357. The van der Waals surface area contributed by atoms with Gasteiger partial charge in [-0.3, -0.25) is 0 Å². The highest BCUT2D eigenvalue weighted by Crippen LogP contribution is 2.07. The second kappa shape index (κ2) is 5.97. The van der Waals surface area contributed by atoms with E-state index in [-0.39, 0.29) is 12.1 Å². The first kappa shape index (κ1) is 12.3. The minimum Gasteiger partial charge on any atom is -0.446 e. The lowest BCUT2D eigenvalue weighted by molar-refractivity contribution is 0.0405. The Morgan fingerprint density at radius 3 is 2.50 bits per heavy atom. The average Bonchev–Trinajstić information content (AvgIpc) is 2.29. The zero-order valence-electron chi connectivity index (χ0n) is 9.91. The molecule has 1 aromatic rings. The van der Waals surface area contributed by atoms with Crippen molar-refractivity contribution in [3.63, 3.8) is 0 Å². The second-order valence-corrected chi connectivity index (χ2v) is 3.56. The van der Waals surface area contributed by atoms with Crippen LogP contribution in [0.5, 0.6) is 0 Å². The van der Waals surface area contributed by atoms with Crippen LogP contribution in [0.15, 0.2) is 24.3 Å². The minimum atomic E-state index is -0.311. The van der Waals surface area contributed by atoms with Crippen LogP contribution in [0.25, 0.3) is 0 Å². The van der Waals surface area contributed by atoms with E-state index in [1.165, 1.54) is 0 Å². The molecule has 0 N–H and O–H groups in total. The molecule has 1 aromatic carbocycles. The summed E-state index contributed by atoms with van der Waals surface area (Å²) in [4.78, 5) is 11.7. The van der Waals surface area contributed by atoms with Crippen LogP contribution in [0, 0.1) is 18.8 Å². The molecule has 0 fully saturated rings. The quantitative estimate of drug-likeness (QED) is 0.573. The van der Waals surface area contributed by atoms with Gasteiger partial charge in [0.2, 0.25) is 0 Å². The molecule has 0 aliphatic carbocycles. The van der Waals surface area contributed by atoms with Crippen molar-refractivity contribution in [1.82, 2.24) is 0 Å². The molecular formula is C14H16O2. The van der Waals surface area contributed by atoms with Crippen LogP contribution in [0.2, 0.25) is 0 Å². The van der Waals surface area contributed by atoms with E-state index < -0.39 is 0 Å². The molecular weight excluding hydrogens is 200 g/mol. The van der Waals surface area contributed by atoms with Gasteiger partial charge >= 0.3 is 5.97 Å². The fourth-order valence-electron chi connectivity index (χ4n) is 1.26. The molecule has 2 heteroatoms. The lowest BCUT2D eigenvalue weighted by Gasteiger charge is -2.10. The summed E-state index contributed by atoms with van der Waals surface area (Å²) in [6.45, 7) is 5.66. The molecule has 84 valence electrons. The van der Waals surface area contributed by atoms with E-state index in [9.17, 15) is 4.79 Å². The van der Waals surface area contributed by atoms with Crippen LogP contribution in [0.3, 0.4) is 0 Å². The molecule has 0 aliphatic rings. The molecule has 0 spiro atoms. The van der Waals surface area contributed by atoms with Gasteiger partial charge in [-0.25, -0.2) is 4.79 Å². The molecule has 0 radical (unpaired) electrons. The highest BCUT2D eigenvalue weighted by atomic mass is 16.5. The number of hydrogen-bond acceptors (Lipinski definition) is 2. The number of carbonyl (C=O) groups excluding carboxylic acids is 1. The number of aryl methyl sites for hydroxylation is 1. The highest BCUT2D eigenvalue weighted by Gasteiger charge is 2.11. The third kappa shape index (κ3) is 3.43. The topological polar surface area (TPSA) is 26.3 Å². The summed E-state index contributed by atoms with van der Waals surface area (Å²) < 4.78 is 5.25. The molecule has 0 aromatic heterocycles. The number of rotatable bonds is 3. The van der Waals surface area contributed by atoms with Gasteiger partial charge in [0.25, 0.3) is 0 Å². The largest absolute Gasteiger partial charge is 0.446 e. The van der Waals surface area contributed by atoms with Gasteiger partial charge < -0.3 is 4.74 Å². The van der Waals surface area contributed by atoms with Crippen LogP contribution in [-0.2, 0) is 4.74 Å². The first-order chi connectivity index (χ1) is 7.67. The molecule has 0 saturated heterocycles. The molecule has 16 heavy (non-hydrogen) atoms. The Balaban J connectivity index is 2.70. The van der Waals surface area contributed by atoms with E-state index in [1.54, 1.807) is 19.1 Å². The van der Waals surface area contributed by atoms with Crippen molar-refractivity contribution in [3.05, 3.63) is 35.4 Å². The second-order valence-electron chi connectivity index (χ2n) is 3.56. The van der Waals surface area contributed by atoms with Gasteiger partial charge in [0.05, 0.1) is 5.56 Å². The van der Waals surface area contributed by atoms with Gasteiger partial charge in [0, 0.05) is 0 Å². The maximum absolute atomic E-state index is 11.7. The predicted molar refractivity (Wildman–Crippen MR) is 64.1 cm³/mol. The van der Waals surface area contributed by atoms with E-state index in [1.807, 2.05) is 26.0 Å². The maximum Gasteiger partial charge on any atom is 0.339 e. The fourth-order valence-corrected chi connectivity index (χ4v) is 1.26. The summed E-state index contributed by atoms with van der Waals surface area (Å²) in [7, 11) is 0. The average molecular weight is 216 g/mol. The van der Waals surface area contributed by atoms with Gasteiger partial charge in [0.1, 0.15) is 0 Å². The molecule has 1 atom stereocenters. The smallest absolute Gasteiger partial charge is 0.339 e. The summed E-state index contributed by atoms with van der Waals surface area (Å²) in [5, 5.41) is 0. The van der Waals surface area contributed by atoms with Crippen molar-refractivity contribution in [1.29, 1.82) is 0 Å². The van der Waals surface area contributed by atoms with Crippen molar-refractivity contribution < 1.29 is 9.53 Å². The third-order valence-corrected chi connectivity index (χ3v) is 2.21. The molecule has 0 heterocycles. The first-order valence-corrected chi connectivity index (χ1v) is 5.37. The normalized spacial score (nSPS) is 11.2. The number of carbonyl (C=O) groups is 1. The van der Waals surface area contributed by atoms with Crippen molar-refractivity contribution in [2.75, 3.05) is 0 Å². The van der Waals surface area contributed by atoms with E-state index >= 15 is 0 Å². The summed E-state index contributed by atoms with van der Waals surface area (Å²) in [6.07, 6.45) is 0.400. The molecule has 2 nitrogen and oxygen atoms in total.